The third-order valence-electron chi connectivity index (χ3n) is 4.57. The van der Waals surface area contributed by atoms with Gasteiger partial charge in [-0.1, -0.05) is 18.2 Å². The zero-order valence-corrected chi connectivity index (χ0v) is 16.1. The number of halogens is 3. The summed E-state index contributed by atoms with van der Waals surface area (Å²) in [5, 5.41) is 11.9. The minimum absolute atomic E-state index is 0.226. The van der Waals surface area contributed by atoms with E-state index in [2.05, 4.69) is 20.5 Å². The first-order chi connectivity index (χ1) is 14.9. The Hall–Kier alpha value is -4.01. The quantitative estimate of drug-likeness (QED) is 0.452. The summed E-state index contributed by atoms with van der Waals surface area (Å²) in [6.07, 6.45) is -2.86. The molecular formula is C22H15F3N4O2. The Morgan fingerprint density at radius 1 is 1.00 bits per heavy atom. The van der Waals surface area contributed by atoms with Crippen molar-refractivity contribution in [2.75, 3.05) is 12.4 Å². The number of nitrogens with zero attached hydrogens (tertiary/aromatic N) is 3. The predicted molar refractivity (Wildman–Crippen MR) is 109 cm³/mol. The SMILES string of the molecule is COC(=O)c1ccc(-c2nnc(Nc3cccc(C(F)(F)F)c3)c3cccnc23)cc1. The van der Waals surface area contributed by atoms with Crippen LogP contribution in [0.3, 0.4) is 0 Å². The second kappa shape index (κ2) is 8.02. The van der Waals surface area contributed by atoms with E-state index in [1.165, 1.54) is 19.2 Å². The van der Waals surface area contributed by atoms with Gasteiger partial charge in [0, 0.05) is 22.8 Å². The normalized spacial score (nSPS) is 11.4. The fraction of sp³-hybridized carbons (Fsp3) is 0.0909. The summed E-state index contributed by atoms with van der Waals surface area (Å²) >= 11 is 0. The number of alkyl halides is 3. The standard InChI is InChI=1S/C22H15F3N4O2/c1-31-21(30)14-9-7-13(8-10-14)18-19-17(6-3-11-26-19)20(29-28-18)27-16-5-2-4-15(12-16)22(23,24)25/h2-12H,1H3,(H,27,29). The number of hydrogen-bond acceptors (Lipinski definition) is 6. The van der Waals surface area contributed by atoms with Gasteiger partial charge in [-0.05, 0) is 42.5 Å². The average molecular weight is 424 g/mol. The van der Waals surface area contributed by atoms with Crippen LogP contribution in [0, 0.1) is 0 Å². The van der Waals surface area contributed by atoms with E-state index in [4.69, 9.17) is 4.74 Å². The molecule has 0 aliphatic rings. The van der Waals surface area contributed by atoms with E-state index < -0.39 is 17.7 Å². The molecule has 2 aromatic carbocycles. The highest BCUT2D eigenvalue weighted by molar-refractivity contribution is 5.98. The molecule has 0 aliphatic carbocycles. The number of methoxy groups -OCH3 is 1. The number of anilines is 2. The van der Waals surface area contributed by atoms with E-state index in [0.717, 1.165) is 12.1 Å². The second-order valence-corrected chi connectivity index (χ2v) is 6.57. The highest BCUT2D eigenvalue weighted by atomic mass is 19.4. The van der Waals surface area contributed by atoms with Gasteiger partial charge in [-0.2, -0.15) is 13.2 Å². The molecule has 0 unspecified atom stereocenters. The van der Waals surface area contributed by atoms with E-state index in [0.29, 0.717) is 27.7 Å². The molecule has 9 heteroatoms. The molecular weight excluding hydrogens is 409 g/mol. The molecule has 0 fully saturated rings. The Kier molecular flexibility index (Phi) is 5.24. The third-order valence-corrected chi connectivity index (χ3v) is 4.57. The largest absolute Gasteiger partial charge is 0.465 e. The first kappa shape index (κ1) is 20.3. The van der Waals surface area contributed by atoms with Crippen LogP contribution >= 0.6 is 0 Å². The van der Waals surface area contributed by atoms with E-state index in [9.17, 15) is 18.0 Å². The molecule has 2 heterocycles. The predicted octanol–water partition coefficient (Wildman–Crippen LogP) is 5.24. The van der Waals surface area contributed by atoms with E-state index in [1.54, 1.807) is 42.6 Å². The van der Waals surface area contributed by atoms with Crippen LogP contribution in [0.5, 0.6) is 0 Å². The molecule has 31 heavy (non-hydrogen) atoms. The Bertz CT molecular complexity index is 1260. The van der Waals surface area contributed by atoms with Gasteiger partial charge < -0.3 is 10.1 Å². The number of pyridine rings is 1. The maximum absolute atomic E-state index is 13.0. The van der Waals surface area contributed by atoms with Gasteiger partial charge in [0.2, 0.25) is 0 Å². The van der Waals surface area contributed by atoms with Crippen molar-refractivity contribution in [3.63, 3.8) is 0 Å². The van der Waals surface area contributed by atoms with E-state index in [1.807, 2.05) is 0 Å². The van der Waals surface area contributed by atoms with Crippen molar-refractivity contribution in [1.29, 1.82) is 0 Å². The van der Waals surface area contributed by atoms with Crippen LogP contribution in [0.4, 0.5) is 24.7 Å². The lowest BCUT2D eigenvalue weighted by atomic mass is 10.1. The van der Waals surface area contributed by atoms with Crippen molar-refractivity contribution in [2.24, 2.45) is 0 Å². The first-order valence-corrected chi connectivity index (χ1v) is 9.11. The molecule has 156 valence electrons. The minimum Gasteiger partial charge on any atom is -0.465 e. The number of benzene rings is 2. The summed E-state index contributed by atoms with van der Waals surface area (Å²) in [6, 6.07) is 14.9. The minimum atomic E-state index is -4.45. The zero-order valence-electron chi connectivity index (χ0n) is 16.1. The number of esters is 1. The van der Waals surface area contributed by atoms with Gasteiger partial charge in [0.25, 0.3) is 0 Å². The van der Waals surface area contributed by atoms with Crippen LogP contribution in [0.2, 0.25) is 0 Å². The summed E-state index contributed by atoms with van der Waals surface area (Å²) < 4.78 is 43.7. The summed E-state index contributed by atoms with van der Waals surface area (Å²) in [6.45, 7) is 0. The number of aromatic nitrogens is 3. The van der Waals surface area contributed by atoms with Gasteiger partial charge in [-0.25, -0.2) is 4.79 Å². The molecule has 2 aromatic heterocycles. The molecule has 0 radical (unpaired) electrons. The highest BCUT2D eigenvalue weighted by Crippen LogP contribution is 2.33. The molecule has 6 nitrogen and oxygen atoms in total. The number of ether oxygens (including phenoxy) is 1. The molecule has 0 saturated carbocycles. The summed E-state index contributed by atoms with van der Waals surface area (Å²) in [5.74, 6) is -0.182. The summed E-state index contributed by atoms with van der Waals surface area (Å²) in [7, 11) is 1.30. The molecule has 0 atom stereocenters. The first-order valence-electron chi connectivity index (χ1n) is 9.11. The Morgan fingerprint density at radius 2 is 1.77 bits per heavy atom. The maximum atomic E-state index is 13.0. The molecule has 0 saturated heterocycles. The van der Waals surface area contributed by atoms with Crippen molar-refractivity contribution in [1.82, 2.24) is 15.2 Å². The topological polar surface area (TPSA) is 77.0 Å². The van der Waals surface area contributed by atoms with Crippen LogP contribution in [-0.4, -0.2) is 28.3 Å². The highest BCUT2D eigenvalue weighted by Gasteiger charge is 2.30. The Balaban J connectivity index is 1.73. The average Bonchev–Trinajstić information content (AvgIpc) is 2.78. The number of hydrogen-bond donors (Lipinski definition) is 1. The second-order valence-electron chi connectivity index (χ2n) is 6.57. The lowest BCUT2D eigenvalue weighted by Crippen LogP contribution is -2.06. The van der Waals surface area contributed by atoms with E-state index >= 15 is 0 Å². The molecule has 4 aromatic rings. The molecule has 0 spiro atoms. The number of nitrogens with one attached hydrogen (secondary N) is 1. The monoisotopic (exact) mass is 424 g/mol. The van der Waals surface area contributed by atoms with Crippen LogP contribution < -0.4 is 5.32 Å². The third kappa shape index (κ3) is 4.16. The van der Waals surface area contributed by atoms with Gasteiger partial charge in [0.15, 0.2) is 5.82 Å². The van der Waals surface area contributed by atoms with E-state index in [-0.39, 0.29) is 11.5 Å². The van der Waals surface area contributed by atoms with Crippen molar-refractivity contribution in [3.05, 3.63) is 78.0 Å². The van der Waals surface area contributed by atoms with Gasteiger partial charge >= 0.3 is 12.1 Å². The van der Waals surface area contributed by atoms with Crippen LogP contribution in [0.1, 0.15) is 15.9 Å². The smallest absolute Gasteiger partial charge is 0.416 e. The lowest BCUT2D eigenvalue weighted by Gasteiger charge is -2.12. The molecule has 4 rings (SSSR count). The van der Waals surface area contributed by atoms with Crippen LogP contribution in [0.25, 0.3) is 22.2 Å². The number of carbonyl (C=O) groups excluding carboxylic acids is 1. The van der Waals surface area contributed by atoms with Crippen molar-refractivity contribution in [3.8, 4) is 11.3 Å². The molecule has 0 amide bonds. The maximum Gasteiger partial charge on any atom is 0.416 e. The van der Waals surface area contributed by atoms with Crippen LogP contribution in [-0.2, 0) is 10.9 Å². The fourth-order valence-corrected chi connectivity index (χ4v) is 3.07. The van der Waals surface area contributed by atoms with Gasteiger partial charge in [0.1, 0.15) is 11.2 Å². The van der Waals surface area contributed by atoms with Gasteiger partial charge in [-0.3, -0.25) is 4.98 Å². The zero-order chi connectivity index (χ0) is 22.0. The Labute approximate surface area is 174 Å². The fourth-order valence-electron chi connectivity index (χ4n) is 3.07. The van der Waals surface area contributed by atoms with Crippen molar-refractivity contribution >= 4 is 28.4 Å². The van der Waals surface area contributed by atoms with Gasteiger partial charge in [-0.15, -0.1) is 10.2 Å². The molecule has 0 aliphatic heterocycles. The van der Waals surface area contributed by atoms with Gasteiger partial charge in [0.05, 0.1) is 18.2 Å². The van der Waals surface area contributed by atoms with Crippen molar-refractivity contribution < 1.29 is 22.7 Å². The Morgan fingerprint density at radius 3 is 2.48 bits per heavy atom. The molecule has 0 bridgehead atoms. The number of carbonyl (C=O) groups is 1. The number of rotatable bonds is 4. The summed E-state index contributed by atoms with van der Waals surface area (Å²) in [5.41, 5.74) is 1.51. The van der Waals surface area contributed by atoms with Crippen LogP contribution in [0.15, 0.2) is 66.9 Å². The van der Waals surface area contributed by atoms with Crippen molar-refractivity contribution in [2.45, 2.75) is 6.18 Å². The number of fused-ring (bicyclic) bond motifs is 1. The lowest BCUT2D eigenvalue weighted by molar-refractivity contribution is -0.137. The summed E-state index contributed by atoms with van der Waals surface area (Å²) in [4.78, 5) is 16.0. The molecule has 1 N–H and O–H groups in total.